The van der Waals surface area contributed by atoms with E-state index in [1.54, 1.807) is 6.20 Å². The molecule has 0 saturated heterocycles. The second-order valence-corrected chi connectivity index (χ2v) is 3.66. The minimum Gasteiger partial charge on any atom is -0.273 e. The van der Waals surface area contributed by atoms with E-state index >= 15 is 0 Å². The van der Waals surface area contributed by atoms with E-state index in [2.05, 4.69) is 15.5 Å². The fourth-order valence-corrected chi connectivity index (χ4v) is 1.21. The average Bonchev–Trinajstić information content (AvgIpc) is 3.10. The molecule has 0 aromatic carbocycles. The number of pyridine rings is 1. The normalized spacial score (nSPS) is 16.2. The third kappa shape index (κ3) is 2.62. The van der Waals surface area contributed by atoms with Gasteiger partial charge < -0.3 is 0 Å². The lowest BCUT2D eigenvalue weighted by molar-refractivity contribution is -0.122. The molecular weight excluding hydrogens is 190 g/mol. The zero-order valence-corrected chi connectivity index (χ0v) is 8.60. The van der Waals surface area contributed by atoms with E-state index in [1.807, 2.05) is 25.1 Å². The van der Waals surface area contributed by atoms with Gasteiger partial charge in [0.15, 0.2) is 0 Å². The number of amides is 1. The Balaban J connectivity index is 1.97. The van der Waals surface area contributed by atoms with Crippen molar-refractivity contribution in [3.63, 3.8) is 0 Å². The lowest BCUT2D eigenvalue weighted by atomic mass is 10.3. The predicted molar refractivity (Wildman–Crippen MR) is 57.3 cm³/mol. The van der Waals surface area contributed by atoms with E-state index in [0.29, 0.717) is 0 Å². The summed E-state index contributed by atoms with van der Waals surface area (Å²) in [5, 5.41) is 4.01. The quantitative estimate of drug-likeness (QED) is 0.595. The largest absolute Gasteiger partial charge is 0.273 e. The van der Waals surface area contributed by atoms with Crippen molar-refractivity contribution < 1.29 is 4.79 Å². The number of aromatic nitrogens is 1. The predicted octanol–water partition coefficient (Wildman–Crippen LogP) is 1.33. The summed E-state index contributed by atoms with van der Waals surface area (Å²) in [6.07, 6.45) is 3.69. The van der Waals surface area contributed by atoms with Gasteiger partial charge in [-0.1, -0.05) is 6.07 Å². The Morgan fingerprint density at radius 1 is 1.53 bits per heavy atom. The van der Waals surface area contributed by atoms with Crippen LogP contribution in [0, 0.1) is 5.92 Å². The van der Waals surface area contributed by atoms with Crippen molar-refractivity contribution in [3.8, 4) is 0 Å². The minimum atomic E-state index is 0.0188. The molecule has 1 aliphatic rings. The Morgan fingerprint density at radius 3 is 2.93 bits per heavy atom. The van der Waals surface area contributed by atoms with Gasteiger partial charge in [-0.25, -0.2) is 5.43 Å². The van der Waals surface area contributed by atoms with Crippen LogP contribution in [-0.2, 0) is 4.79 Å². The fourth-order valence-electron chi connectivity index (χ4n) is 1.21. The second kappa shape index (κ2) is 4.21. The van der Waals surface area contributed by atoms with Gasteiger partial charge in [-0.2, -0.15) is 5.10 Å². The van der Waals surface area contributed by atoms with Gasteiger partial charge >= 0.3 is 0 Å². The first-order valence-electron chi connectivity index (χ1n) is 5.03. The van der Waals surface area contributed by atoms with Crippen molar-refractivity contribution in [2.45, 2.75) is 19.8 Å². The van der Waals surface area contributed by atoms with Crippen molar-refractivity contribution in [2.24, 2.45) is 11.0 Å². The van der Waals surface area contributed by atoms with Crippen molar-refractivity contribution in [3.05, 3.63) is 30.1 Å². The molecule has 1 heterocycles. The summed E-state index contributed by atoms with van der Waals surface area (Å²) in [6, 6.07) is 5.60. The smallest absolute Gasteiger partial charge is 0.243 e. The summed E-state index contributed by atoms with van der Waals surface area (Å²) in [6.45, 7) is 1.83. The van der Waals surface area contributed by atoms with E-state index in [1.165, 1.54) is 0 Å². The first kappa shape index (κ1) is 9.83. The summed E-state index contributed by atoms with van der Waals surface area (Å²) in [4.78, 5) is 15.4. The second-order valence-electron chi connectivity index (χ2n) is 3.66. The molecule has 78 valence electrons. The van der Waals surface area contributed by atoms with Crippen molar-refractivity contribution in [1.82, 2.24) is 10.4 Å². The average molecular weight is 203 g/mol. The standard InChI is InChI=1S/C11H13N3O/c1-8(10-4-2-3-7-12-10)13-14-11(15)9-5-6-9/h2-4,7,9H,5-6H2,1H3,(H,14,15)/b13-8+. The number of hydrogen-bond donors (Lipinski definition) is 1. The monoisotopic (exact) mass is 203 g/mol. The van der Waals surface area contributed by atoms with Crippen LogP contribution in [0.4, 0.5) is 0 Å². The zero-order valence-electron chi connectivity index (χ0n) is 8.60. The molecule has 0 atom stereocenters. The van der Waals surface area contributed by atoms with Gasteiger partial charge in [0, 0.05) is 12.1 Å². The number of hydrogen-bond acceptors (Lipinski definition) is 3. The lowest BCUT2D eigenvalue weighted by Gasteiger charge is -2.00. The van der Waals surface area contributed by atoms with Gasteiger partial charge in [-0.3, -0.25) is 9.78 Å². The summed E-state index contributed by atoms with van der Waals surface area (Å²) in [5.41, 5.74) is 4.06. The highest BCUT2D eigenvalue weighted by atomic mass is 16.2. The van der Waals surface area contributed by atoms with E-state index < -0.39 is 0 Å². The summed E-state index contributed by atoms with van der Waals surface area (Å²) >= 11 is 0. The molecule has 1 fully saturated rings. The summed E-state index contributed by atoms with van der Waals surface area (Å²) in [5.74, 6) is 0.204. The van der Waals surface area contributed by atoms with Crippen LogP contribution < -0.4 is 5.43 Å². The molecule has 0 unspecified atom stereocenters. The van der Waals surface area contributed by atoms with Crippen molar-refractivity contribution in [2.75, 3.05) is 0 Å². The molecule has 1 amide bonds. The van der Waals surface area contributed by atoms with E-state index in [4.69, 9.17) is 0 Å². The highest BCUT2D eigenvalue weighted by Crippen LogP contribution is 2.28. The van der Waals surface area contributed by atoms with E-state index in [0.717, 1.165) is 24.2 Å². The van der Waals surface area contributed by atoms with Crippen LogP contribution >= 0.6 is 0 Å². The molecule has 4 heteroatoms. The number of carbonyl (C=O) groups is 1. The molecule has 2 rings (SSSR count). The van der Waals surface area contributed by atoms with Gasteiger partial charge in [0.1, 0.15) is 0 Å². The topological polar surface area (TPSA) is 54.4 Å². The molecule has 0 radical (unpaired) electrons. The van der Waals surface area contributed by atoms with Gasteiger partial charge in [-0.15, -0.1) is 0 Å². The van der Waals surface area contributed by atoms with E-state index in [9.17, 15) is 4.79 Å². The molecule has 0 bridgehead atoms. The zero-order chi connectivity index (χ0) is 10.7. The fraction of sp³-hybridized carbons (Fsp3) is 0.364. The lowest BCUT2D eigenvalue weighted by Crippen LogP contribution is -2.20. The highest BCUT2D eigenvalue weighted by Gasteiger charge is 2.29. The summed E-state index contributed by atoms with van der Waals surface area (Å²) < 4.78 is 0. The minimum absolute atomic E-state index is 0.0188. The Hall–Kier alpha value is -1.71. The molecule has 1 aromatic heterocycles. The maximum atomic E-state index is 11.3. The molecule has 15 heavy (non-hydrogen) atoms. The van der Waals surface area contributed by atoms with Crippen LogP contribution in [0.15, 0.2) is 29.5 Å². The third-order valence-corrected chi connectivity index (χ3v) is 2.32. The van der Waals surface area contributed by atoms with Crippen molar-refractivity contribution >= 4 is 11.6 Å². The third-order valence-electron chi connectivity index (χ3n) is 2.32. The Bertz CT molecular complexity index is 382. The van der Waals surface area contributed by atoms with Gasteiger partial charge in [-0.05, 0) is 31.9 Å². The van der Waals surface area contributed by atoms with Crippen LogP contribution in [0.2, 0.25) is 0 Å². The SMILES string of the molecule is C/C(=N\NC(=O)C1CC1)c1ccccn1. The molecule has 1 aromatic rings. The maximum Gasteiger partial charge on any atom is 0.243 e. The number of rotatable bonds is 3. The number of nitrogens with zero attached hydrogens (tertiary/aromatic N) is 2. The molecule has 0 spiro atoms. The van der Waals surface area contributed by atoms with Crippen molar-refractivity contribution in [1.29, 1.82) is 0 Å². The van der Waals surface area contributed by atoms with Crippen LogP contribution in [0.1, 0.15) is 25.5 Å². The first-order valence-corrected chi connectivity index (χ1v) is 5.03. The van der Waals surface area contributed by atoms with Gasteiger partial charge in [0.2, 0.25) is 5.91 Å². The molecule has 1 saturated carbocycles. The maximum absolute atomic E-state index is 11.3. The number of nitrogens with one attached hydrogen (secondary N) is 1. The highest BCUT2D eigenvalue weighted by molar-refractivity contribution is 5.97. The molecule has 1 N–H and O–H groups in total. The van der Waals surface area contributed by atoms with Crippen LogP contribution in [-0.4, -0.2) is 16.6 Å². The molecular formula is C11H13N3O. The molecule has 4 nitrogen and oxygen atoms in total. The van der Waals surface area contributed by atoms with Crippen LogP contribution in [0.5, 0.6) is 0 Å². The van der Waals surface area contributed by atoms with Gasteiger partial charge in [0.05, 0.1) is 11.4 Å². The summed E-state index contributed by atoms with van der Waals surface area (Å²) in [7, 11) is 0. The Kier molecular flexibility index (Phi) is 2.76. The first-order chi connectivity index (χ1) is 7.27. The Labute approximate surface area is 88.4 Å². The van der Waals surface area contributed by atoms with Crippen LogP contribution in [0.25, 0.3) is 0 Å². The van der Waals surface area contributed by atoms with Crippen LogP contribution in [0.3, 0.4) is 0 Å². The molecule has 1 aliphatic carbocycles. The molecule has 0 aliphatic heterocycles. The van der Waals surface area contributed by atoms with E-state index in [-0.39, 0.29) is 11.8 Å². The Morgan fingerprint density at radius 2 is 2.33 bits per heavy atom. The van der Waals surface area contributed by atoms with Gasteiger partial charge in [0.25, 0.3) is 0 Å². The number of carbonyl (C=O) groups excluding carboxylic acids is 1. The number of hydrazone groups is 1.